The van der Waals surface area contributed by atoms with Crippen LogP contribution in [-0.4, -0.2) is 36.1 Å². The number of H-pyrrole nitrogens is 1. The monoisotopic (exact) mass is 485 g/mol. The van der Waals surface area contributed by atoms with Gasteiger partial charge in [0.1, 0.15) is 29.0 Å². The van der Waals surface area contributed by atoms with Gasteiger partial charge in [0.2, 0.25) is 0 Å². The third-order valence-corrected chi connectivity index (χ3v) is 6.13. The Kier molecular flexibility index (Phi) is 4.73. The first-order valence-electron chi connectivity index (χ1n) is 10.8. The zero-order chi connectivity index (χ0) is 24.3. The van der Waals surface area contributed by atoms with E-state index in [2.05, 4.69) is 20.1 Å². The molecular formula is C23H16F5N7. The van der Waals surface area contributed by atoms with Crippen molar-refractivity contribution in [3.05, 3.63) is 71.8 Å². The first kappa shape index (κ1) is 21.4. The van der Waals surface area contributed by atoms with Crippen LogP contribution in [0.1, 0.15) is 30.1 Å². The van der Waals surface area contributed by atoms with E-state index < -0.39 is 23.5 Å². The highest BCUT2D eigenvalue weighted by Crippen LogP contribution is 2.37. The molecule has 0 aliphatic carbocycles. The van der Waals surface area contributed by atoms with Crippen LogP contribution in [0.2, 0.25) is 0 Å². The molecule has 0 saturated carbocycles. The lowest BCUT2D eigenvalue weighted by molar-refractivity contribution is -0.141. The largest absolute Gasteiger partial charge is 0.433 e. The second-order valence-corrected chi connectivity index (χ2v) is 8.30. The highest BCUT2D eigenvalue weighted by atomic mass is 19.4. The topological polar surface area (TPSA) is 75.0 Å². The van der Waals surface area contributed by atoms with Gasteiger partial charge in [-0.3, -0.25) is 0 Å². The van der Waals surface area contributed by atoms with Gasteiger partial charge in [0.05, 0.1) is 35.0 Å². The van der Waals surface area contributed by atoms with Crippen LogP contribution in [0.25, 0.3) is 28.1 Å². The minimum atomic E-state index is -4.58. The average Bonchev–Trinajstić information content (AvgIpc) is 3.56. The lowest BCUT2D eigenvalue weighted by Gasteiger charge is -2.26. The van der Waals surface area contributed by atoms with Crippen LogP contribution in [0.5, 0.6) is 0 Å². The number of nitrogens with zero attached hydrogens (tertiary/aromatic N) is 6. The van der Waals surface area contributed by atoms with Gasteiger partial charge in [0, 0.05) is 18.3 Å². The number of aromatic amines is 1. The number of rotatable bonds is 3. The molecule has 5 heterocycles. The number of aromatic nitrogens is 6. The minimum absolute atomic E-state index is 0.110. The molecule has 1 atom stereocenters. The van der Waals surface area contributed by atoms with Crippen molar-refractivity contribution < 1.29 is 22.0 Å². The normalized spacial score (nSPS) is 16.6. The second kappa shape index (κ2) is 7.72. The Morgan fingerprint density at radius 2 is 1.89 bits per heavy atom. The fourth-order valence-corrected chi connectivity index (χ4v) is 4.51. The summed E-state index contributed by atoms with van der Waals surface area (Å²) < 4.78 is 68.9. The molecule has 35 heavy (non-hydrogen) atoms. The van der Waals surface area contributed by atoms with E-state index in [1.54, 1.807) is 12.3 Å². The van der Waals surface area contributed by atoms with Gasteiger partial charge in [0.25, 0.3) is 0 Å². The van der Waals surface area contributed by atoms with Crippen molar-refractivity contribution in [1.29, 1.82) is 0 Å². The average molecular weight is 485 g/mol. The fraction of sp³-hybridized carbons (Fsp3) is 0.217. The Hall–Kier alpha value is -4.09. The Labute approximate surface area is 194 Å². The molecule has 1 aliphatic rings. The van der Waals surface area contributed by atoms with E-state index in [9.17, 15) is 22.0 Å². The molecule has 1 aromatic carbocycles. The van der Waals surface area contributed by atoms with Crippen molar-refractivity contribution in [3.8, 4) is 11.4 Å². The van der Waals surface area contributed by atoms with Gasteiger partial charge in [-0.15, -0.1) is 0 Å². The van der Waals surface area contributed by atoms with E-state index in [4.69, 9.17) is 4.98 Å². The quantitative estimate of drug-likeness (QED) is 0.351. The van der Waals surface area contributed by atoms with Gasteiger partial charge in [0.15, 0.2) is 5.65 Å². The Balaban J connectivity index is 1.41. The van der Waals surface area contributed by atoms with Crippen LogP contribution in [0, 0.1) is 11.6 Å². The molecule has 0 radical (unpaired) electrons. The highest BCUT2D eigenvalue weighted by Gasteiger charge is 2.33. The molecule has 0 amide bonds. The predicted molar refractivity (Wildman–Crippen MR) is 117 cm³/mol. The molecule has 178 valence electrons. The second-order valence-electron chi connectivity index (χ2n) is 8.30. The van der Waals surface area contributed by atoms with Gasteiger partial charge in [-0.25, -0.2) is 28.2 Å². The molecule has 1 aliphatic heterocycles. The Morgan fingerprint density at radius 3 is 2.71 bits per heavy atom. The summed E-state index contributed by atoms with van der Waals surface area (Å²) in [6.45, 7) is 0.601. The zero-order valence-electron chi connectivity index (χ0n) is 17.9. The standard InChI is InChI=1S/C23H16F5N7/c24-12-3-4-15(25)13(8-12)18-2-1-6-34(18)20-5-7-35-22(33-20)14(10-30-35)21-31-16-9-19(23(26,27)28)29-11-17(16)32-21/h3-5,7-11,18H,1-2,6H2,(H,31,32)/t18-/m1/s1. The zero-order valence-corrected chi connectivity index (χ0v) is 17.9. The van der Waals surface area contributed by atoms with Crippen molar-refractivity contribution in [2.24, 2.45) is 0 Å². The molecule has 1 saturated heterocycles. The van der Waals surface area contributed by atoms with Crippen molar-refractivity contribution >= 4 is 22.5 Å². The van der Waals surface area contributed by atoms with Gasteiger partial charge in [-0.1, -0.05) is 0 Å². The molecular weight excluding hydrogens is 469 g/mol. The number of imidazole rings is 1. The van der Waals surface area contributed by atoms with Crippen LogP contribution in [0.4, 0.5) is 27.8 Å². The van der Waals surface area contributed by atoms with Crippen molar-refractivity contribution in [1.82, 2.24) is 29.5 Å². The van der Waals surface area contributed by atoms with Crippen molar-refractivity contribution in [2.75, 3.05) is 11.4 Å². The van der Waals surface area contributed by atoms with E-state index in [1.165, 1.54) is 16.8 Å². The summed E-state index contributed by atoms with van der Waals surface area (Å²) in [5.41, 5.74) is 0.570. The molecule has 6 rings (SSSR count). The molecule has 4 aromatic heterocycles. The number of anilines is 1. The van der Waals surface area contributed by atoms with Gasteiger partial charge >= 0.3 is 6.18 Å². The first-order valence-corrected chi connectivity index (χ1v) is 10.8. The number of alkyl halides is 3. The van der Waals surface area contributed by atoms with Crippen LogP contribution in [0.15, 0.2) is 48.9 Å². The lowest BCUT2D eigenvalue weighted by atomic mass is 10.0. The molecule has 5 aromatic rings. The predicted octanol–water partition coefficient (Wildman–Crippen LogP) is 5.31. The SMILES string of the molecule is Fc1ccc(F)c([C@H]2CCCN2c2ccn3ncc(-c4nc5cc(C(F)(F)F)ncc5[nH]4)c3n2)c1. The number of nitrogens with one attached hydrogen (secondary N) is 1. The summed E-state index contributed by atoms with van der Waals surface area (Å²) >= 11 is 0. The molecule has 7 nitrogen and oxygen atoms in total. The Morgan fingerprint density at radius 1 is 1.03 bits per heavy atom. The summed E-state index contributed by atoms with van der Waals surface area (Å²) in [5, 5.41) is 4.26. The molecule has 0 spiro atoms. The number of benzene rings is 1. The summed E-state index contributed by atoms with van der Waals surface area (Å²) in [5.74, 6) is -0.163. The molecule has 1 N–H and O–H groups in total. The third kappa shape index (κ3) is 3.65. The number of halogens is 5. The summed E-state index contributed by atoms with van der Waals surface area (Å²) in [6.07, 6.45) is 1.11. The van der Waals surface area contributed by atoms with Crippen LogP contribution < -0.4 is 4.90 Å². The highest BCUT2D eigenvalue weighted by molar-refractivity contribution is 5.82. The van der Waals surface area contributed by atoms with Crippen molar-refractivity contribution in [3.63, 3.8) is 0 Å². The summed E-state index contributed by atoms with van der Waals surface area (Å²) in [4.78, 5) is 17.3. The maximum atomic E-state index is 14.5. The maximum absolute atomic E-state index is 14.5. The van der Waals surface area contributed by atoms with Gasteiger partial charge in [-0.05, 0) is 43.2 Å². The summed E-state index contributed by atoms with van der Waals surface area (Å²) in [7, 11) is 0. The van der Waals surface area contributed by atoms with Crippen LogP contribution >= 0.6 is 0 Å². The maximum Gasteiger partial charge on any atom is 0.433 e. The molecule has 0 unspecified atom stereocenters. The molecule has 1 fully saturated rings. The first-order chi connectivity index (χ1) is 16.8. The van der Waals surface area contributed by atoms with Crippen LogP contribution in [0.3, 0.4) is 0 Å². The molecule has 0 bridgehead atoms. The number of hydrogen-bond acceptors (Lipinski definition) is 5. The number of pyridine rings is 1. The fourth-order valence-electron chi connectivity index (χ4n) is 4.51. The number of fused-ring (bicyclic) bond motifs is 2. The van der Waals surface area contributed by atoms with E-state index in [1.807, 2.05) is 4.90 Å². The van der Waals surface area contributed by atoms with Gasteiger partial charge in [-0.2, -0.15) is 18.3 Å². The molecule has 12 heteroatoms. The smallest absolute Gasteiger partial charge is 0.349 e. The van der Waals surface area contributed by atoms with Crippen LogP contribution in [-0.2, 0) is 6.18 Å². The number of hydrogen-bond donors (Lipinski definition) is 1. The van der Waals surface area contributed by atoms with E-state index in [-0.39, 0.29) is 22.9 Å². The minimum Gasteiger partial charge on any atom is -0.349 e. The third-order valence-electron chi connectivity index (χ3n) is 6.13. The van der Waals surface area contributed by atoms with E-state index >= 15 is 0 Å². The Bertz CT molecular complexity index is 1570. The van der Waals surface area contributed by atoms with Gasteiger partial charge < -0.3 is 9.88 Å². The van der Waals surface area contributed by atoms with E-state index in [0.717, 1.165) is 30.8 Å². The van der Waals surface area contributed by atoms with E-state index in [0.29, 0.717) is 35.5 Å². The summed E-state index contributed by atoms with van der Waals surface area (Å²) in [6, 6.07) is 5.64. The lowest BCUT2D eigenvalue weighted by Crippen LogP contribution is -2.24. The van der Waals surface area contributed by atoms with Crippen molar-refractivity contribution in [2.45, 2.75) is 25.1 Å².